The average molecular weight is 256 g/mol. The lowest BCUT2D eigenvalue weighted by Gasteiger charge is -2.09. The van der Waals surface area contributed by atoms with Crippen LogP contribution in [0.25, 0.3) is 0 Å². The van der Waals surface area contributed by atoms with Crippen LogP contribution in [0.3, 0.4) is 0 Å². The minimum Gasteiger partial charge on any atom is -0.367 e. The molecule has 0 saturated carbocycles. The third kappa shape index (κ3) is 2.71. The molecule has 98 valence electrons. The van der Waals surface area contributed by atoms with Gasteiger partial charge in [-0.15, -0.1) is 5.10 Å². The lowest BCUT2D eigenvalue weighted by molar-refractivity contribution is 0.812. The van der Waals surface area contributed by atoms with Crippen molar-refractivity contribution in [2.45, 2.75) is 20.3 Å². The van der Waals surface area contributed by atoms with E-state index in [9.17, 15) is 5.26 Å². The maximum atomic E-state index is 9.18. The highest BCUT2D eigenvalue weighted by Gasteiger charge is 2.10. The predicted molar refractivity (Wildman–Crippen MR) is 71.6 cm³/mol. The van der Waals surface area contributed by atoms with Gasteiger partial charge in [-0.2, -0.15) is 10.4 Å². The molecule has 0 aliphatic heterocycles. The number of anilines is 1. The normalized spacial score (nSPS) is 10.2. The maximum Gasteiger partial charge on any atom is 0.166 e. The quantitative estimate of drug-likeness (QED) is 0.893. The maximum absolute atomic E-state index is 9.18. The Hall–Kier alpha value is -2.42. The summed E-state index contributed by atoms with van der Waals surface area (Å²) in [5.41, 5.74) is 3.36. The van der Waals surface area contributed by atoms with Crippen LogP contribution in [0.4, 0.5) is 5.82 Å². The van der Waals surface area contributed by atoms with E-state index in [1.54, 1.807) is 6.33 Å². The van der Waals surface area contributed by atoms with Crippen LogP contribution in [0, 0.1) is 25.2 Å². The molecule has 0 amide bonds. The fraction of sp³-hybridized carbons (Fsp3) is 0.385. The highest BCUT2D eigenvalue weighted by atomic mass is 15.2. The standard InChI is InChI=1S/C13H16N6/c1-9-10(2)17-18-13(12(9)6-14)16-5-4-11-7-15-8-19(11)3/h7-8H,4-5H2,1-3H3,(H,16,18). The Morgan fingerprint density at radius 2 is 2.16 bits per heavy atom. The number of aryl methyl sites for hydroxylation is 2. The molecule has 0 aromatic carbocycles. The SMILES string of the molecule is Cc1nnc(NCCc2cncn2C)c(C#N)c1C. The first kappa shape index (κ1) is 13.0. The van der Waals surface area contributed by atoms with Gasteiger partial charge in [0.15, 0.2) is 5.82 Å². The van der Waals surface area contributed by atoms with E-state index in [4.69, 9.17) is 0 Å². The second-order valence-corrected chi connectivity index (χ2v) is 4.42. The molecular weight excluding hydrogens is 240 g/mol. The van der Waals surface area contributed by atoms with Gasteiger partial charge in [-0.3, -0.25) is 0 Å². The zero-order valence-corrected chi connectivity index (χ0v) is 11.3. The van der Waals surface area contributed by atoms with Crippen LogP contribution in [0.5, 0.6) is 0 Å². The van der Waals surface area contributed by atoms with Crippen LogP contribution in [0.2, 0.25) is 0 Å². The average Bonchev–Trinajstić information content (AvgIpc) is 2.80. The van der Waals surface area contributed by atoms with E-state index in [0.29, 0.717) is 17.9 Å². The van der Waals surface area contributed by atoms with E-state index >= 15 is 0 Å². The van der Waals surface area contributed by atoms with E-state index in [-0.39, 0.29) is 0 Å². The molecule has 19 heavy (non-hydrogen) atoms. The monoisotopic (exact) mass is 256 g/mol. The van der Waals surface area contributed by atoms with Crippen molar-refractivity contribution >= 4 is 5.82 Å². The molecule has 0 unspecified atom stereocenters. The molecule has 0 saturated heterocycles. The van der Waals surface area contributed by atoms with Gasteiger partial charge in [0.25, 0.3) is 0 Å². The Morgan fingerprint density at radius 3 is 2.79 bits per heavy atom. The molecule has 6 nitrogen and oxygen atoms in total. The zero-order chi connectivity index (χ0) is 13.8. The van der Waals surface area contributed by atoms with Crippen LogP contribution < -0.4 is 5.32 Å². The van der Waals surface area contributed by atoms with Gasteiger partial charge in [0, 0.05) is 31.9 Å². The van der Waals surface area contributed by atoms with Crippen molar-refractivity contribution < 1.29 is 0 Å². The summed E-state index contributed by atoms with van der Waals surface area (Å²) >= 11 is 0. The number of rotatable bonds is 4. The third-order valence-electron chi connectivity index (χ3n) is 3.16. The number of nitrogens with one attached hydrogen (secondary N) is 1. The molecule has 0 spiro atoms. The number of nitrogens with zero attached hydrogens (tertiary/aromatic N) is 5. The largest absolute Gasteiger partial charge is 0.367 e. The van der Waals surface area contributed by atoms with Gasteiger partial charge in [-0.05, 0) is 19.4 Å². The van der Waals surface area contributed by atoms with Gasteiger partial charge >= 0.3 is 0 Å². The molecule has 6 heteroatoms. The number of aromatic nitrogens is 4. The summed E-state index contributed by atoms with van der Waals surface area (Å²) in [6, 6.07) is 2.18. The summed E-state index contributed by atoms with van der Waals surface area (Å²) in [5, 5.41) is 20.4. The summed E-state index contributed by atoms with van der Waals surface area (Å²) in [6.07, 6.45) is 4.42. The fourth-order valence-electron chi connectivity index (χ4n) is 1.80. The van der Waals surface area contributed by atoms with Crippen LogP contribution in [0.1, 0.15) is 22.5 Å². The second-order valence-electron chi connectivity index (χ2n) is 4.42. The van der Waals surface area contributed by atoms with Gasteiger partial charge in [0.2, 0.25) is 0 Å². The highest BCUT2D eigenvalue weighted by Crippen LogP contribution is 2.16. The van der Waals surface area contributed by atoms with Crippen LogP contribution in [-0.4, -0.2) is 26.3 Å². The van der Waals surface area contributed by atoms with Crippen molar-refractivity contribution in [3.63, 3.8) is 0 Å². The number of hydrogen-bond acceptors (Lipinski definition) is 5. The van der Waals surface area contributed by atoms with E-state index in [1.807, 2.05) is 31.7 Å². The van der Waals surface area contributed by atoms with Crippen molar-refractivity contribution in [3.05, 3.63) is 35.0 Å². The number of hydrogen-bond donors (Lipinski definition) is 1. The van der Waals surface area contributed by atoms with Crippen molar-refractivity contribution in [1.82, 2.24) is 19.7 Å². The van der Waals surface area contributed by atoms with Crippen molar-refractivity contribution in [1.29, 1.82) is 5.26 Å². The lowest BCUT2D eigenvalue weighted by Crippen LogP contribution is -2.11. The Balaban J connectivity index is 2.07. The van der Waals surface area contributed by atoms with E-state index in [1.165, 1.54) is 0 Å². The van der Waals surface area contributed by atoms with E-state index in [2.05, 4.69) is 26.6 Å². The molecule has 0 atom stereocenters. The number of nitriles is 1. The molecule has 0 bridgehead atoms. The molecule has 1 N–H and O–H groups in total. The minimum atomic E-state index is 0.549. The van der Waals surface area contributed by atoms with Gasteiger partial charge in [0.05, 0.1) is 12.0 Å². The molecule has 2 heterocycles. The first-order valence-electron chi connectivity index (χ1n) is 6.06. The Labute approximate surface area is 112 Å². The molecule has 0 aliphatic carbocycles. The summed E-state index contributed by atoms with van der Waals surface area (Å²) < 4.78 is 1.97. The predicted octanol–water partition coefficient (Wildman–Crippen LogP) is 1.35. The first-order chi connectivity index (χ1) is 9.13. The van der Waals surface area contributed by atoms with E-state index < -0.39 is 0 Å². The summed E-state index contributed by atoms with van der Waals surface area (Å²) in [5.74, 6) is 0.549. The molecule has 0 aliphatic rings. The summed E-state index contributed by atoms with van der Waals surface area (Å²) in [7, 11) is 1.96. The van der Waals surface area contributed by atoms with Crippen LogP contribution in [-0.2, 0) is 13.5 Å². The Kier molecular flexibility index (Phi) is 3.76. The topological polar surface area (TPSA) is 79.4 Å². The lowest BCUT2D eigenvalue weighted by atomic mass is 10.1. The van der Waals surface area contributed by atoms with E-state index in [0.717, 1.165) is 23.4 Å². The molecule has 0 radical (unpaired) electrons. The molecule has 2 rings (SSSR count). The van der Waals surface area contributed by atoms with Gasteiger partial charge < -0.3 is 9.88 Å². The van der Waals surface area contributed by atoms with Gasteiger partial charge in [-0.1, -0.05) is 0 Å². The summed E-state index contributed by atoms with van der Waals surface area (Å²) in [6.45, 7) is 4.42. The molecule has 2 aromatic rings. The first-order valence-corrected chi connectivity index (χ1v) is 6.06. The van der Waals surface area contributed by atoms with Crippen molar-refractivity contribution in [2.24, 2.45) is 7.05 Å². The Morgan fingerprint density at radius 1 is 1.37 bits per heavy atom. The van der Waals surface area contributed by atoms with Crippen molar-refractivity contribution in [2.75, 3.05) is 11.9 Å². The number of imidazole rings is 1. The summed E-state index contributed by atoms with van der Waals surface area (Å²) in [4.78, 5) is 4.06. The molecular formula is C13H16N6. The molecule has 0 fully saturated rings. The third-order valence-corrected chi connectivity index (χ3v) is 3.16. The fourth-order valence-corrected chi connectivity index (χ4v) is 1.80. The van der Waals surface area contributed by atoms with Crippen LogP contribution in [0.15, 0.2) is 12.5 Å². The van der Waals surface area contributed by atoms with Crippen molar-refractivity contribution in [3.8, 4) is 6.07 Å². The highest BCUT2D eigenvalue weighted by molar-refractivity contribution is 5.55. The Bertz CT molecular complexity index is 623. The van der Waals surface area contributed by atoms with Crippen LogP contribution >= 0.6 is 0 Å². The second kappa shape index (κ2) is 5.48. The van der Waals surface area contributed by atoms with Gasteiger partial charge in [-0.25, -0.2) is 4.98 Å². The molecule has 2 aromatic heterocycles. The zero-order valence-electron chi connectivity index (χ0n) is 11.3. The smallest absolute Gasteiger partial charge is 0.166 e. The minimum absolute atomic E-state index is 0.549. The van der Waals surface area contributed by atoms with Gasteiger partial charge in [0.1, 0.15) is 11.6 Å².